The van der Waals surface area contributed by atoms with Gasteiger partial charge in [-0.3, -0.25) is 14.9 Å². The summed E-state index contributed by atoms with van der Waals surface area (Å²) in [7, 11) is 3.73. The second kappa shape index (κ2) is 7.65. The number of nitrogens with one attached hydrogen (secondary N) is 1. The Bertz CT molecular complexity index is 715. The van der Waals surface area contributed by atoms with Crippen molar-refractivity contribution in [1.29, 1.82) is 0 Å². The fourth-order valence-corrected chi connectivity index (χ4v) is 2.31. The average Bonchev–Trinajstić information content (AvgIpc) is 2.56. The van der Waals surface area contributed by atoms with Crippen LogP contribution in [0.5, 0.6) is 0 Å². The lowest BCUT2D eigenvalue weighted by atomic mass is 10.1. The van der Waals surface area contributed by atoms with Gasteiger partial charge in [0, 0.05) is 24.2 Å². The number of non-ortho nitro benzene ring substituents is 1. The largest absolute Gasteiger partial charge is 0.350 e. The summed E-state index contributed by atoms with van der Waals surface area (Å²) in [6, 6.07) is 11.4. The summed E-state index contributed by atoms with van der Waals surface area (Å²) >= 11 is 0. The van der Waals surface area contributed by atoms with Crippen LogP contribution in [0.1, 0.15) is 22.0 Å². The lowest BCUT2D eigenvalue weighted by molar-refractivity contribution is -0.384. The van der Waals surface area contributed by atoms with Gasteiger partial charge in [0.2, 0.25) is 0 Å². The molecule has 6 nitrogen and oxygen atoms in total. The van der Waals surface area contributed by atoms with Gasteiger partial charge in [0.1, 0.15) is 5.82 Å². The molecule has 0 aliphatic carbocycles. The summed E-state index contributed by atoms with van der Waals surface area (Å²) in [5.41, 5.74) is 1.16. The van der Waals surface area contributed by atoms with Gasteiger partial charge in [-0.1, -0.05) is 12.1 Å². The van der Waals surface area contributed by atoms with Crippen molar-refractivity contribution in [3.8, 4) is 0 Å². The summed E-state index contributed by atoms with van der Waals surface area (Å²) in [6.45, 7) is 0.328. The molecule has 0 unspecified atom stereocenters. The van der Waals surface area contributed by atoms with E-state index in [1.807, 2.05) is 19.0 Å². The van der Waals surface area contributed by atoms with E-state index in [9.17, 15) is 19.3 Å². The predicted octanol–water partition coefficient (Wildman–Crippen LogP) is 2.77. The fraction of sp³-hybridized carbons (Fsp3) is 0.235. The number of nitrogens with zero attached hydrogens (tertiary/aromatic N) is 2. The summed E-state index contributed by atoms with van der Waals surface area (Å²) < 4.78 is 13.0. The summed E-state index contributed by atoms with van der Waals surface area (Å²) in [4.78, 5) is 24.2. The van der Waals surface area contributed by atoms with Crippen LogP contribution in [0.2, 0.25) is 0 Å². The normalized spacial score (nSPS) is 12.0. The van der Waals surface area contributed by atoms with E-state index in [0.717, 1.165) is 5.56 Å². The van der Waals surface area contributed by atoms with Gasteiger partial charge >= 0.3 is 0 Å². The molecular weight excluding hydrogens is 313 g/mol. The smallest absolute Gasteiger partial charge is 0.269 e. The molecule has 0 heterocycles. The number of halogens is 1. The molecule has 0 bridgehead atoms. The zero-order chi connectivity index (χ0) is 17.7. The van der Waals surface area contributed by atoms with Gasteiger partial charge in [0.15, 0.2) is 0 Å². The first-order valence-electron chi connectivity index (χ1n) is 7.33. The van der Waals surface area contributed by atoms with Crippen molar-refractivity contribution in [2.75, 3.05) is 20.6 Å². The fourth-order valence-electron chi connectivity index (χ4n) is 2.31. The SMILES string of the molecule is CN(C)[C@H](CNC(=O)c1ccc([N+](=O)[O-])cc1)c1ccc(F)cc1. The highest BCUT2D eigenvalue weighted by molar-refractivity contribution is 5.94. The van der Waals surface area contributed by atoms with Crippen LogP contribution in [0.25, 0.3) is 0 Å². The Morgan fingerprint density at radius 2 is 1.75 bits per heavy atom. The van der Waals surface area contributed by atoms with Crippen LogP contribution in [0.3, 0.4) is 0 Å². The number of nitro benzene ring substituents is 1. The molecule has 126 valence electrons. The Labute approximate surface area is 139 Å². The second-order valence-corrected chi connectivity index (χ2v) is 5.54. The molecule has 0 fully saturated rings. The van der Waals surface area contributed by atoms with E-state index in [4.69, 9.17) is 0 Å². The van der Waals surface area contributed by atoms with E-state index in [0.29, 0.717) is 12.1 Å². The standard InChI is InChI=1S/C17H18FN3O3/c1-20(2)16(12-3-7-14(18)8-4-12)11-19-17(22)13-5-9-15(10-6-13)21(23)24/h3-10,16H,11H2,1-2H3,(H,19,22)/t16-/m1/s1. The lowest BCUT2D eigenvalue weighted by Crippen LogP contribution is -2.34. The molecule has 1 N–H and O–H groups in total. The number of amides is 1. The maximum absolute atomic E-state index is 13.0. The molecule has 1 amide bonds. The number of nitro groups is 1. The maximum atomic E-state index is 13.0. The molecule has 2 aromatic rings. The van der Waals surface area contributed by atoms with Gasteiger partial charge in [-0.25, -0.2) is 4.39 Å². The Kier molecular flexibility index (Phi) is 5.59. The minimum Gasteiger partial charge on any atom is -0.350 e. The van der Waals surface area contributed by atoms with Gasteiger partial charge in [-0.2, -0.15) is 0 Å². The maximum Gasteiger partial charge on any atom is 0.269 e. The van der Waals surface area contributed by atoms with E-state index in [-0.39, 0.29) is 23.5 Å². The van der Waals surface area contributed by atoms with Gasteiger partial charge in [-0.15, -0.1) is 0 Å². The van der Waals surface area contributed by atoms with Crippen LogP contribution in [0.4, 0.5) is 10.1 Å². The molecule has 0 aromatic heterocycles. The van der Waals surface area contributed by atoms with Crippen LogP contribution < -0.4 is 5.32 Å². The van der Waals surface area contributed by atoms with Crippen molar-refractivity contribution in [3.05, 3.63) is 75.6 Å². The molecule has 0 radical (unpaired) electrons. The third kappa shape index (κ3) is 4.36. The number of likely N-dealkylation sites (N-methyl/N-ethyl adjacent to an activating group) is 1. The second-order valence-electron chi connectivity index (χ2n) is 5.54. The average molecular weight is 331 g/mol. The first-order chi connectivity index (χ1) is 11.4. The molecule has 0 saturated carbocycles. The van der Waals surface area contributed by atoms with Crippen LogP contribution >= 0.6 is 0 Å². The third-order valence-corrected chi connectivity index (χ3v) is 3.67. The molecule has 2 aromatic carbocycles. The molecule has 1 atom stereocenters. The topological polar surface area (TPSA) is 75.5 Å². The van der Waals surface area contributed by atoms with Crippen molar-refractivity contribution in [2.45, 2.75) is 6.04 Å². The van der Waals surface area contributed by atoms with Gasteiger partial charge < -0.3 is 10.2 Å². The highest BCUT2D eigenvalue weighted by Crippen LogP contribution is 2.18. The van der Waals surface area contributed by atoms with Crippen LogP contribution in [-0.2, 0) is 0 Å². The van der Waals surface area contributed by atoms with E-state index in [1.54, 1.807) is 12.1 Å². The number of rotatable bonds is 6. The van der Waals surface area contributed by atoms with E-state index < -0.39 is 4.92 Å². The number of hydrogen-bond acceptors (Lipinski definition) is 4. The van der Waals surface area contributed by atoms with Crippen molar-refractivity contribution in [3.63, 3.8) is 0 Å². The van der Waals surface area contributed by atoms with Crippen LogP contribution in [-0.4, -0.2) is 36.4 Å². The monoisotopic (exact) mass is 331 g/mol. The first-order valence-corrected chi connectivity index (χ1v) is 7.33. The van der Waals surface area contributed by atoms with E-state index in [1.165, 1.54) is 36.4 Å². The lowest BCUT2D eigenvalue weighted by Gasteiger charge is -2.25. The molecule has 0 saturated heterocycles. The Balaban J connectivity index is 2.04. The van der Waals surface area contributed by atoms with Crippen molar-refractivity contribution in [2.24, 2.45) is 0 Å². The summed E-state index contributed by atoms with van der Waals surface area (Å²) in [5.74, 6) is -0.634. The number of hydrogen-bond donors (Lipinski definition) is 1. The van der Waals surface area contributed by atoms with Crippen LogP contribution in [0, 0.1) is 15.9 Å². The molecule has 7 heteroatoms. The molecule has 0 aliphatic heterocycles. The first kappa shape index (κ1) is 17.6. The van der Waals surface area contributed by atoms with E-state index in [2.05, 4.69) is 5.32 Å². The quantitative estimate of drug-likeness (QED) is 0.652. The zero-order valence-corrected chi connectivity index (χ0v) is 13.4. The minimum atomic E-state index is -0.516. The van der Waals surface area contributed by atoms with E-state index >= 15 is 0 Å². The summed E-state index contributed by atoms with van der Waals surface area (Å²) in [5, 5.41) is 13.4. The number of carbonyl (C=O) groups is 1. The number of benzene rings is 2. The van der Waals surface area contributed by atoms with Gasteiger partial charge in [0.25, 0.3) is 11.6 Å². The highest BCUT2D eigenvalue weighted by atomic mass is 19.1. The Morgan fingerprint density at radius 3 is 2.25 bits per heavy atom. The predicted molar refractivity (Wildman–Crippen MR) is 88.3 cm³/mol. The minimum absolute atomic E-state index is 0.0657. The molecule has 0 spiro atoms. The number of carbonyl (C=O) groups excluding carboxylic acids is 1. The van der Waals surface area contributed by atoms with Crippen LogP contribution in [0.15, 0.2) is 48.5 Å². The van der Waals surface area contributed by atoms with Gasteiger partial charge in [-0.05, 0) is 43.9 Å². The third-order valence-electron chi connectivity index (χ3n) is 3.67. The van der Waals surface area contributed by atoms with Gasteiger partial charge in [0.05, 0.1) is 11.0 Å². The molecule has 24 heavy (non-hydrogen) atoms. The molecular formula is C17H18FN3O3. The molecule has 0 aliphatic rings. The zero-order valence-electron chi connectivity index (χ0n) is 13.4. The Hall–Kier alpha value is -2.80. The highest BCUT2D eigenvalue weighted by Gasteiger charge is 2.16. The van der Waals surface area contributed by atoms with Crippen molar-refractivity contribution >= 4 is 11.6 Å². The van der Waals surface area contributed by atoms with Crippen molar-refractivity contribution in [1.82, 2.24) is 10.2 Å². The van der Waals surface area contributed by atoms with Crippen molar-refractivity contribution < 1.29 is 14.1 Å². The molecule has 2 rings (SSSR count). The summed E-state index contributed by atoms with van der Waals surface area (Å²) in [6.07, 6.45) is 0. The Morgan fingerprint density at radius 1 is 1.17 bits per heavy atom.